The van der Waals surface area contributed by atoms with Gasteiger partial charge < -0.3 is 10.4 Å². The molecule has 2 N–H and O–H groups in total. The van der Waals surface area contributed by atoms with Crippen molar-refractivity contribution < 1.29 is 14.7 Å². The van der Waals surface area contributed by atoms with Crippen molar-refractivity contribution in [1.82, 2.24) is 5.32 Å². The molecule has 136 valence electrons. The second kappa shape index (κ2) is 8.32. The number of benzene rings is 3. The molecule has 4 nitrogen and oxygen atoms in total. The van der Waals surface area contributed by atoms with Gasteiger partial charge in [-0.15, -0.1) is 0 Å². The van der Waals surface area contributed by atoms with E-state index >= 15 is 0 Å². The first-order valence-corrected chi connectivity index (χ1v) is 8.78. The Morgan fingerprint density at radius 3 is 2.07 bits per heavy atom. The van der Waals surface area contributed by atoms with Crippen LogP contribution < -0.4 is 5.32 Å². The van der Waals surface area contributed by atoms with Crippen LogP contribution in [-0.4, -0.2) is 23.0 Å². The van der Waals surface area contributed by atoms with Crippen LogP contribution in [0.15, 0.2) is 78.9 Å². The zero-order chi connectivity index (χ0) is 19.2. The normalized spacial score (nSPS) is 11.6. The van der Waals surface area contributed by atoms with Gasteiger partial charge in [-0.1, -0.05) is 66.7 Å². The molecule has 0 saturated heterocycles. The molecule has 0 aliphatic heterocycles. The number of carbonyl (C=O) groups is 2. The molecule has 0 radical (unpaired) electrons. The van der Waals surface area contributed by atoms with Gasteiger partial charge in [0.2, 0.25) is 0 Å². The Bertz CT molecular complexity index is 933. The molecule has 3 rings (SSSR count). The van der Waals surface area contributed by atoms with E-state index < -0.39 is 17.9 Å². The standard InChI is InChI=1S/C23H21NO3/c1-16-7-5-6-10-20(16)15-21(23(26)27)24-22(25)19-13-11-18(12-14-19)17-8-3-2-4-9-17/h2-14,21H,15H2,1H3,(H,24,25)(H,26,27)/t21-/m1/s1. The molecule has 0 bridgehead atoms. The number of carbonyl (C=O) groups excluding carboxylic acids is 1. The quantitative estimate of drug-likeness (QED) is 0.697. The maximum Gasteiger partial charge on any atom is 0.326 e. The number of carboxylic acids is 1. The number of amides is 1. The van der Waals surface area contributed by atoms with Crippen LogP contribution in [0.5, 0.6) is 0 Å². The molecule has 27 heavy (non-hydrogen) atoms. The highest BCUT2D eigenvalue weighted by atomic mass is 16.4. The molecule has 3 aromatic carbocycles. The molecule has 0 fully saturated rings. The van der Waals surface area contributed by atoms with Gasteiger partial charge in [-0.2, -0.15) is 0 Å². The highest BCUT2D eigenvalue weighted by Crippen LogP contribution is 2.19. The third kappa shape index (κ3) is 4.61. The fourth-order valence-corrected chi connectivity index (χ4v) is 2.95. The Hall–Kier alpha value is -3.40. The summed E-state index contributed by atoms with van der Waals surface area (Å²) in [6.45, 7) is 1.93. The molecule has 0 aromatic heterocycles. The molecule has 1 amide bonds. The smallest absolute Gasteiger partial charge is 0.326 e. The van der Waals surface area contributed by atoms with Gasteiger partial charge in [-0.05, 0) is 41.3 Å². The predicted molar refractivity (Wildman–Crippen MR) is 106 cm³/mol. The molecule has 1 atom stereocenters. The van der Waals surface area contributed by atoms with Gasteiger partial charge in [-0.3, -0.25) is 4.79 Å². The molecule has 3 aromatic rings. The van der Waals surface area contributed by atoms with Gasteiger partial charge in [0.1, 0.15) is 6.04 Å². The van der Waals surface area contributed by atoms with Crippen LogP contribution in [-0.2, 0) is 11.2 Å². The molecule has 0 unspecified atom stereocenters. The first kappa shape index (κ1) is 18.4. The lowest BCUT2D eigenvalue weighted by Crippen LogP contribution is -2.42. The van der Waals surface area contributed by atoms with Crippen molar-refractivity contribution in [3.8, 4) is 11.1 Å². The Labute approximate surface area is 158 Å². The summed E-state index contributed by atoms with van der Waals surface area (Å²) in [5.74, 6) is -1.44. The summed E-state index contributed by atoms with van der Waals surface area (Å²) in [6.07, 6.45) is 0.246. The minimum Gasteiger partial charge on any atom is -0.480 e. The Morgan fingerprint density at radius 1 is 0.852 bits per heavy atom. The first-order valence-electron chi connectivity index (χ1n) is 8.78. The predicted octanol–water partition coefficient (Wildman–Crippen LogP) is 4.09. The van der Waals surface area contributed by atoms with Gasteiger partial charge in [0.15, 0.2) is 0 Å². The van der Waals surface area contributed by atoms with Gasteiger partial charge in [-0.25, -0.2) is 4.79 Å². The summed E-state index contributed by atoms with van der Waals surface area (Å²) in [7, 11) is 0. The van der Waals surface area contributed by atoms with E-state index in [0.717, 1.165) is 22.3 Å². The van der Waals surface area contributed by atoms with Crippen LogP contribution in [0.3, 0.4) is 0 Å². The van der Waals surface area contributed by atoms with Crippen molar-refractivity contribution in [1.29, 1.82) is 0 Å². The zero-order valence-corrected chi connectivity index (χ0v) is 15.1. The first-order chi connectivity index (χ1) is 13.0. The number of nitrogens with one attached hydrogen (secondary N) is 1. The summed E-state index contributed by atoms with van der Waals surface area (Å²) < 4.78 is 0. The maximum absolute atomic E-state index is 12.5. The fraction of sp³-hybridized carbons (Fsp3) is 0.130. The monoisotopic (exact) mass is 359 g/mol. The Balaban J connectivity index is 1.72. The SMILES string of the molecule is Cc1ccccc1C[C@@H](NC(=O)c1ccc(-c2ccccc2)cc1)C(=O)O. The Kier molecular flexibility index (Phi) is 5.67. The van der Waals surface area contributed by atoms with Crippen LogP contribution >= 0.6 is 0 Å². The van der Waals surface area contributed by atoms with E-state index in [4.69, 9.17) is 0 Å². The molecular weight excluding hydrogens is 338 g/mol. The molecule has 0 aliphatic rings. The topological polar surface area (TPSA) is 66.4 Å². The lowest BCUT2D eigenvalue weighted by molar-refractivity contribution is -0.139. The second-order valence-electron chi connectivity index (χ2n) is 6.44. The maximum atomic E-state index is 12.5. The average Bonchev–Trinajstić information content (AvgIpc) is 2.69. The molecule has 4 heteroatoms. The van der Waals surface area contributed by atoms with Crippen molar-refractivity contribution in [2.24, 2.45) is 0 Å². The summed E-state index contributed by atoms with van der Waals surface area (Å²) in [6, 6.07) is 23.6. The molecule has 0 aliphatic carbocycles. The van der Waals surface area contributed by atoms with E-state index in [-0.39, 0.29) is 6.42 Å². The number of hydrogen-bond acceptors (Lipinski definition) is 2. The largest absolute Gasteiger partial charge is 0.480 e. The third-order valence-electron chi connectivity index (χ3n) is 4.54. The number of aliphatic carboxylic acids is 1. The number of aryl methyl sites for hydroxylation is 1. The van der Waals surface area contributed by atoms with E-state index in [1.54, 1.807) is 12.1 Å². The van der Waals surface area contributed by atoms with Crippen LogP contribution in [0.25, 0.3) is 11.1 Å². The van der Waals surface area contributed by atoms with Crippen molar-refractivity contribution >= 4 is 11.9 Å². The van der Waals surface area contributed by atoms with Crippen LogP contribution in [0.2, 0.25) is 0 Å². The molecule has 0 spiro atoms. The second-order valence-corrected chi connectivity index (χ2v) is 6.44. The number of carboxylic acid groups (broad SMARTS) is 1. The van der Waals surface area contributed by atoms with Crippen LogP contribution in [0, 0.1) is 6.92 Å². The summed E-state index contributed by atoms with van der Waals surface area (Å²) in [5, 5.41) is 12.1. The minimum absolute atomic E-state index is 0.246. The number of rotatable bonds is 6. The van der Waals surface area contributed by atoms with E-state index in [9.17, 15) is 14.7 Å². The van der Waals surface area contributed by atoms with Gasteiger partial charge >= 0.3 is 5.97 Å². The summed E-state index contributed by atoms with van der Waals surface area (Å²) >= 11 is 0. The molecule has 0 saturated carbocycles. The van der Waals surface area contributed by atoms with E-state index in [0.29, 0.717) is 5.56 Å². The minimum atomic E-state index is -1.05. The highest BCUT2D eigenvalue weighted by molar-refractivity contribution is 5.97. The zero-order valence-electron chi connectivity index (χ0n) is 15.1. The molecule has 0 heterocycles. The molecular formula is C23H21NO3. The van der Waals surface area contributed by atoms with E-state index in [2.05, 4.69) is 5.32 Å². The lowest BCUT2D eigenvalue weighted by atomic mass is 10.0. The van der Waals surface area contributed by atoms with E-state index in [1.165, 1.54) is 0 Å². The summed E-state index contributed by atoms with van der Waals surface area (Å²) in [4.78, 5) is 24.1. The van der Waals surface area contributed by atoms with Crippen molar-refractivity contribution in [2.75, 3.05) is 0 Å². The lowest BCUT2D eigenvalue weighted by Gasteiger charge is -2.16. The van der Waals surface area contributed by atoms with E-state index in [1.807, 2.05) is 73.7 Å². The van der Waals surface area contributed by atoms with Gasteiger partial charge in [0.05, 0.1) is 0 Å². The van der Waals surface area contributed by atoms with Gasteiger partial charge in [0.25, 0.3) is 5.91 Å². The average molecular weight is 359 g/mol. The third-order valence-corrected chi connectivity index (χ3v) is 4.54. The van der Waals surface area contributed by atoms with Gasteiger partial charge in [0, 0.05) is 12.0 Å². The number of hydrogen-bond donors (Lipinski definition) is 2. The summed E-state index contributed by atoms with van der Waals surface area (Å²) in [5.41, 5.74) is 4.41. The fourth-order valence-electron chi connectivity index (χ4n) is 2.95. The van der Waals surface area contributed by atoms with Crippen molar-refractivity contribution in [3.63, 3.8) is 0 Å². The van der Waals surface area contributed by atoms with Crippen LogP contribution in [0.1, 0.15) is 21.5 Å². The van der Waals surface area contributed by atoms with Crippen molar-refractivity contribution in [3.05, 3.63) is 95.6 Å². The van der Waals surface area contributed by atoms with Crippen LogP contribution in [0.4, 0.5) is 0 Å². The van der Waals surface area contributed by atoms with Crippen molar-refractivity contribution in [2.45, 2.75) is 19.4 Å². The Morgan fingerprint density at radius 2 is 1.44 bits per heavy atom. The highest BCUT2D eigenvalue weighted by Gasteiger charge is 2.21.